The molecule has 102 valence electrons. The fraction of sp³-hybridized carbons (Fsp3) is 0.833. The van der Waals surface area contributed by atoms with E-state index in [9.17, 15) is 0 Å². The van der Waals surface area contributed by atoms with Gasteiger partial charge in [-0.25, -0.2) is 0 Å². The standard InChI is InChI=1S/C12H21N3O3/c1-3-5-16-7-9(13)11-14-12(18-15-11)10-8(2)4-6-17-10/h8-10H,3-7,13H2,1-2H3. The van der Waals surface area contributed by atoms with Gasteiger partial charge < -0.3 is 19.7 Å². The minimum Gasteiger partial charge on any atom is -0.379 e. The van der Waals surface area contributed by atoms with Crippen LogP contribution in [0.25, 0.3) is 0 Å². The van der Waals surface area contributed by atoms with Gasteiger partial charge in [0.25, 0.3) is 5.89 Å². The van der Waals surface area contributed by atoms with Gasteiger partial charge in [-0.1, -0.05) is 19.0 Å². The largest absolute Gasteiger partial charge is 0.379 e. The molecule has 1 fully saturated rings. The Morgan fingerprint density at radius 2 is 2.39 bits per heavy atom. The second kappa shape index (κ2) is 6.26. The third-order valence-electron chi connectivity index (χ3n) is 3.07. The second-order valence-corrected chi connectivity index (χ2v) is 4.73. The van der Waals surface area contributed by atoms with Crippen LogP contribution in [-0.2, 0) is 9.47 Å². The molecule has 3 atom stereocenters. The molecule has 1 saturated heterocycles. The van der Waals surface area contributed by atoms with Crippen LogP contribution in [0.3, 0.4) is 0 Å². The highest BCUT2D eigenvalue weighted by Crippen LogP contribution is 2.33. The Morgan fingerprint density at radius 1 is 1.56 bits per heavy atom. The Morgan fingerprint density at radius 3 is 3.06 bits per heavy atom. The van der Waals surface area contributed by atoms with E-state index in [2.05, 4.69) is 24.0 Å². The zero-order valence-corrected chi connectivity index (χ0v) is 11.0. The average molecular weight is 255 g/mol. The molecular formula is C12H21N3O3. The molecule has 0 amide bonds. The third kappa shape index (κ3) is 3.07. The Kier molecular flexibility index (Phi) is 4.68. The van der Waals surface area contributed by atoms with Crippen molar-refractivity contribution in [1.29, 1.82) is 0 Å². The number of nitrogens with zero attached hydrogens (tertiary/aromatic N) is 2. The Balaban J connectivity index is 1.92. The molecule has 18 heavy (non-hydrogen) atoms. The lowest BCUT2D eigenvalue weighted by molar-refractivity contribution is 0.0661. The first-order valence-electron chi connectivity index (χ1n) is 6.50. The Hall–Kier alpha value is -0.980. The molecule has 0 spiro atoms. The zero-order valence-electron chi connectivity index (χ0n) is 11.0. The average Bonchev–Trinajstić information content (AvgIpc) is 2.97. The van der Waals surface area contributed by atoms with Crippen LogP contribution in [0, 0.1) is 5.92 Å². The van der Waals surface area contributed by atoms with Crippen LogP contribution >= 0.6 is 0 Å². The quantitative estimate of drug-likeness (QED) is 0.777. The molecule has 1 aliphatic rings. The van der Waals surface area contributed by atoms with Gasteiger partial charge in [0.15, 0.2) is 5.82 Å². The zero-order chi connectivity index (χ0) is 13.0. The summed E-state index contributed by atoms with van der Waals surface area (Å²) in [5.74, 6) is 1.43. The van der Waals surface area contributed by atoms with Crippen molar-refractivity contribution in [3.05, 3.63) is 11.7 Å². The van der Waals surface area contributed by atoms with Crippen molar-refractivity contribution in [2.24, 2.45) is 11.7 Å². The number of hydrogen-bond acceptors (Lipinski definition) is 6. The molecular weight excluding hydrogens is 234 g/mol. The molecule has 6 heteroatoms. The van der Waals surface area contributed by atoms with Crippen molar-refractivity contribution >= 4 is 0 Å². The molecule has 0 aliphatic carbocycles. The van der Waals surface area contributed by atoms with Gasteiger partial charge in [-0.2, -0.15) is 4.98 Å². The topological polar surface area (TPSA) is 83.4 Å². The SMILES string of the molecule is CCCOCC(N)c1noc(C2OCCC2C)n1. The maximum absolute atomic E-state index is 5.93. The van der Waals surface area contributed by atoms with Gasteiger partial charge in [-0.05, 0) is 18.8 Å². The van der Waals surface area contributed by atoms with Gasteiger partial charge in [0.05, 0.1) is 12.6 Å². The summed E-state index contributed by atoms with van der Waals surface area (Å²) in [7, 11) is 0. The number of aromatic nitrogens is 2. The normalized spacial score (nSPS) is 25.5. The molecule has 2 N–H and O–H groups in total. The number of ether oxygens (including phenoxy) is 2. The summed E-state index contributed by atoms with van der Waals surface area (Å²) in [6.07, 6.45) is 1.90. The highest BCUT2D eigenvalue weighted by Gasteiger charge is 2.31. The molecule has 2 rings (SSSR count). The molecule has 3 unspecified atom stereocenters. The predicted molar refractivity (Wildman–Crippen MR) is 64.8 cm³/mol. The molecule has 1 aliphatic heterocycles. The highest BCUT2D eigenvalue weighted by atomic mass is 16.5. The van der Waals surface area contributed by atoms with Crippen molar-refractivity contribution < 1.29 is 14.0 Å². The van der Waals surface area contributed by atoms with E-state index < -0.39 is 0 Å². The van der Waals surface area contributed by atoms with Crippen LogP contribution in [0.5, 0.6) is 0 Å². The van der Waals surface area contributed by atoms with Crippen LogP contribution in [0.15, 0.2) is 4.52 Å². The first kappa shape index (κ1) is 13.5. The minimum absolute atomic E-state index is 0.0880. The Bertz CT molecular complexity index is 369. The summed E-state index contributed by atoms with van der Waals surface area (Å²) in [6, 6.07) is -0.342. The van der Waals surface area contributed by atoms with Gasteiger partial charge in [0, 0.05) is 13.2 Å². The molecule has 2 heterocycles. The summed E-state index contributed by atoms with van der Waals surface area (Å²) in [4.78, 5) is 4.31. The lowest BCUT2D eigenvalue weighted by Crippen LogP contribution is -2.19. The predicted octanol–water partition coefficient (Wildman–Crippen LogP) is 1.59. The first-order valence-corrected chi connectivity index (χ1v) is 6.50. The van der Waals surface area contributed by atoms with E-state index in [0.717, 1.165) is 19.4 Å². The molecule has 6 nitrogen and oxygen atoms in total. The van der Waals surface area contributed by atoms with Gasteiger partial charge in [0.2, 0.25) is 0 Å². The minimum atomic E-state index is -0.342. The Labute approximate surface area is 107 Å². The van der Waals surface area contributed by atoms with Gasteiger partial charge >= 0.3 is 0 Å². The smallest absolute Gasteiger partial charge is 0.256 e. The summed E-state index contributed by atoms with van der Waals surface area (Å²) in [6.45, 7) is 6.02. The van der Waals surface area contributed by atoms with Crippen molar-refractivity contribution in [1.82, 2.24) is 10.1 Å². The van der Waals surface area contributed by atoms with Crippen molar-refractivity contribution in [3.63, 3.8) is 0 Å². The number of nitrogens with two attached hydrogens (primary N) is 1. The van der Waals surface area contributed by atoms with Crippen LogP contribution in [0.4, 0.5) is 0 Å². The molecule has 1 aromatic heterocycles. The summed E-state index contributed by atoms with van der Waals surface area (Å²) >= 11 is 0. The monoisotopic (exact) mass is 255 g/mol. The van der Waals surface area contributed by atoms with Crippen molar-refractivity contribution in [2.45, 2.75) is 38.8 Å². The summed E-state index contributed by atoms with van der Waals surface area (Å²) in [5, 5.41) is 3.90. The van der Waals surface area contributed by atoms with E-state index in [1.165, 1.54) is 0 Å². The van der Waals surface area contributed by atoms with E-state index in [-0.39, 0.29) is 12.1 Å². The molecule has 0 bridgehead atoms. The van der Waals surface area contributed by atoms with E-state index in [0.29, 0.717) is 30.8 Å². The second-order valence-electron chi connectivity index (χ2n) is 4.73. The number of rotatable bonds is 6. The summed E-state index contributed by atoms with van der Waals surface area (Å²) in [5.41, 5.74) is 5.93. The molecule has 1 aromatic rings. The maximum Gasteiger partial charge on any atom is 0.256 e. The first-order chi connectivity index (χ1) is 8.72. The van der Waals surface area contributed by atoms with Crippen LogP contribution in [-0.4, -0.2) is 30.0 Å². The highest BCUT2D eigenvalue weighted by molar-refractivity contribution is 4.97. The van der Waals surface area contributed by atoms with E-state index in [4.69, 9.17) is 19.7 Å². The lowest BCUT2D eigenvalue weighted by atomic mass is 10.0. The lowest BCUT2D eigenvalue weighted by Gasteiger charge is -2.09. The fourth-order valence-corrected chi connectivity index (χ4v) is 1.95. The van der Waals surface area contributed by atoms with Crippen LogP contribution in [0.2, 0.25) is 0 Å². The molecule has 0 aromatic carbocycles. The van der Waals surface area contributed by atoms with Crippen LogP contribution < -0.4 is 5.73 Å². The van der Waals surface area contributed by atoms with Crippen LogP contribution in [0.1, 0.15) is 50.6 Å². The van der Waals surface area contributed by atoms with Gasteiger partial charge in [0.1, 0.15) is 6.10 Å². The molecule has 0 saturated carbocycles. The van der Waals surface area contributed by atoms with Gasteiger partial charge in [-0.3, -0.25) is 0 Å². The summed E-state index contributed by atoms with van der Waals surface area (Å²) < 4.78 is 16.2. The molecule has 0 radical (unpaired) electrons. The van der Waals surface area contributed by atoms with E-state index >= 15 is 0 Å². The van der Waals surface area contributed by atoms with Crippen molar-refractivity contribution in [2.75, 3.05) is 19.8 Å². The van der Waals surface area contributed by atoms with E-state index in [1.54, 1.807) is 0 Å². The van der Waals surface area contributed by atoms with Crippen molar-refractivity contribution in [3.8, 4) is 0 Å². The third-order valence-corrected chi connectivity index (χ3v) is 3.07. The fourth-order valence-electron chi connectivity index (χ4n) is 1.95. The van der Waals surface area contributed by atoms with E-state index in [1.807, 2.05) is 0 Å². The maximum atomic E-state index is 5.93. The number of hydrogen-bond donors (Lipinski definition) is 1. The van der Waals surface area contributed by atoms with Gasteiger partial charge in [-0.15, -0.1) is 0 Å².